The van der Waals surface area contributed by atoms with Gasteiger partial charge < -0.3 is 9.64 Å². The Kier molecular flexibility index (Phi) is 3.76. The number of benzene rings is 1. The zero-order valence-corrected chi connectivity index (χ0v) is 19.4. The minimum Gasteiger partial charge on any atom is -0.359 e. The molecule has 1 aromatic carbocycles. The van der Waals surface area contributed by atoms with E-state index in [-0.39, 0.29) is 16.6 Å². The fraction of sp³-hybridized carbons (Fsp3) is 0.536. The third-order valence-corrected chi connectivity index (χ3v) is 9.73. The van der Waals surface area contributed by atoms with Gasteiger partial charge in [-0.3, -0.25) is 5.10 Å². The van der Waals surface area contributed by atoms with Crippen LogP contribution in [0.5, 0.6) is 0 Å². The van der Waals surface area contributed by atoms with Gasteiger partial charge in [0.1, 0.15) is 0 Å². The molecule has 5 atom stereocenters. The quantitative estimate of drug-likeness (QED) is 0.674. The summed E-state index contributed by atoms with van der Waals surface area (Å²) in [6.07, 6.45) is 17.7. The summed E-state index contributed by atoms with van der Waals surface area (Å²) in [4.78, 5) is 2.41. The van der Waals surface area contributed by atoms with E-state index in [0.717, 1.165) is 24.8 Å². The second-order valence-corrected chi connectivity index (χ2v) is 11.4. The molecular weight excluding hydrogens is 394 g/mol. The molecule has 2 aromatic rings. The molecule has 32 heavy (non-hydrogen) atoms. The number of ether oxygens (including phenoxy) is 1. The first-order valence-corrected chi connectivity index (χ1v) is 12.4. The maximum Gasteiger partial charge on any atom is 0.0980 e. The Balaban J connectivity index is 1.29. The summed E-state index contributed by atoms with van der Waals surface area (Å²) in [5.74, 6) is 0.513. The fourth-order valence-electron chi connectivity index (χ4n) is 7.96. The molecule has 0 radical (unpaired) electrons. The van der Waals surface area contributed by atoms with Crippen LogP contribution < -0.4 is 0 Å². The maximum absolute atomic E-state index is 7.37. The molecule has 3 heterocycles. The minimum atomic E-state index is -0.110. The smallest absolute Gasteiger partial charge is 0.0980 e. The normalized spacial score (nSPS) is 39.9. The third kappa shape index (κ3) is 2.32. The Labute approximate surface area is 190 Å². The van der Waals surface area contributed by atoms with Crippen LogP contribution in [-0.2, 0) is 4.74 Å². The van der Waals surface area contributed by atoms with Gasteiger partial charge in [-0.1, -0.05) is 37.3 Å². The Morgan fingerprint density at radius 2 is 2.09 bits per heavy atom. The van der Waals surface area contributed by atoms with Crippen LogP contribution in [-0.4, -0.2) is 46.4 Å². The molecule has 2 fully saturated rings. The lowest BCUT2D eigenvalue weighted by atomic mass is 9.58. The van der Waals surface area contributed by atoms with Gasteiger partial charge in [-0.15, -0.1) is 0 Å². The number of H-pyrrole nitrogens is 1. The monoisotopic (exact) mass is 427 g/mol. The van der Waals surface area contributed by atoms with Crippen molar-refractivity contribution in [3.8, 4) is 0 Å². The highest BCUT2D eigenvalue weighted by molar-refractivity contribution is 5.84. The van der Waals surface area contributed by atoms with Gasteiger partial charge >= 0.3 is 0 Å². The summed E-state index contributed by atoms with van der Waals surface area (Å²) < 4.78 is 7.37. The van der Waals surface area contributed by atoms with Crippen LogP contribution in [0.4, 0.5) is 0 Å². The van der Waals surface area contributed by atoms with Crippen LogP contribution in [0.15, 0.2) is 53.8 Å². The lowest BCUT2D eigenvalue weighted by Gasteiger charge is -2.54. The molecule has 2 unspecified atom stereocenters. The van der Waals surface area contributed by atoms with Gasteiger partial charge in [0.15, 0.2) is 0 Å². The number of fused-ring (bicyclic) bond motifs is 2. The van der Waals surface area contributed by atoms with Crippen LogP contribution in [0.25, 0.3) is 16.5 Å². The first-order chi connectivity index (χ1) is 15.4. The molecule has 0 amide bonds. The summed E-state index contributed by atoms with van der Waals surface area (Å²) in [6, 6.07) is 7.40. The molecule has 166 valence electrons. The number of aromatic nitrogens is 2. The van der Waals surface area contributed by atoms with Crippen molar-refractivity contribution >= 4 is 16.5 Å². The van der Waals surface area contributed by atoms with E-state index >= 15 is 0 Å². The number of hydrogen-bond donors (Lipinski definition) is 1. The Morgan fingerprint density at radius 1 is 1.19 bits per heavy atom. The zero-order chi connectivity index (χ0) is 21.7. The van der Waals surface area contributed by atoms with Gasteiger partial charge in [0, 0.05) is 22.8 Å². The largest absolute Gasteiger partial charge is 0.359 e. The number of hydrogen-bond acceptors (Lipinski definition) is 3. The van der Waals surface area contributed by atoms with E-state index in [1.54, 1.807) is 5.57 Å². The minimum absolute atomic E-state index is 0.0274. The molecule has 1 saturated heterocycles. The average Bonchev–Trinajstić information content (AvgIpc) is 3.47. The molecular formula is C28H33N3O. The first-order valence-electron chi connectivity index (χ1n) is 12.4. The second kappa shape index (κ2) is 6.24. The van der Waals surface area contributed by atoms with Crippen molar-refractivity contribution in [1.82, 2.24) is 15.1 Å². The van der Waals surface area contributed by atoms with E-state index in [1.165, 1.54) is 47.8 Å². The number of allylic oxidation sites excluding steroid dienone is 3. The number of rotatable bonds is 2. The number of nitrogens with one attached hydrogen (secondary N) is 1. The highest BCUT2D eigenvalue weighted by atomic mass is 16.5. The van der Waals surface area contributed by atoms with Gasteiger partial charge in [0.25, 0.3) is 0 Å². The van der Waals surface area contributed by atoms with E-state index in [2.05, 4.69) is 72.5 Å². The predicted octanol–water partition coefficient (Wildman–Crippen LogP) is 5.64. The van der Waals surface area contributed by atoms with Crippen molar-refractivity contribution in [2.45, 2.75) is 69.1 Å². The Hall–Kier alpha value is -2.17. The van der Waals surface area contributed by atoms with Crippen LogP contribution in [0.1, 0.15) is 57.4 Å². The van der Waals surface area contributed by atoms with Crippen LogP contribution >= 0.6 is 0 Å². The topological polar surface area (TPSA) is 41.2 Å². The van der Waals surface area contributed by atoms with E-state index in [1.807, 2.05) is 6.20 Å². The molecule has 4 nitrogen and oxygen atoms in total. The summed E-state index contributed by atoms with van der Waals surface area (Å²) >= 11 is 0. The highest BCUT2D eigenvalue weighted by Crippen LogP contribution is 2.67. The Bertz CT molecular complexity index is 1220. The van der Waals surface area contributed by atoms with Gasteiger partial charge in [-0.05, 0) is 87.4 Å². The zero-order valence-electron chi connectivity index (χ0n) is 19.4. The molecule has 1 N–H and O–H groups in total. The van der Waals surface area contributed by atoms with Crippen LogP contribution in [0.2, 0.25) is 0 Å². The van der Waals surface area contributed by atoms with Crippen molar-refractivity contribution in [2.24, 2.45) is 11.3 Å². The van der Waals surface area contributed by atoms with Crippen molar-refractivity contribution in [3.63, 3.8) is 0 Å². The second-order valence-electron chi connectivity index (χ2n) is 11.4. The summed E-state index contributed by atoms with van der Waals surface area (Å²) in [7, 11) is 4.46. The SMILES string of the molecule is CN(C)C1CCC2=CC3=CCC4(C)C(c5ccc6cn[nH]c6c5)=CC[C@H]4[C@@]34CC[C@]2(C1)O4. The number of aromatic amines is 1. The molecule has 1 saturated carbocycles. The average molecular weight is 428 g/mol. The maximum atomic E-state index is 7.37. The van der Waals surface area contributed by atoms with Gasteiger partial charge in [0.2, 0.25) is 0 Å². The summed E-state index contributed by atoms with van der Waals surface area (Å²) in [5, 5.41) is 8.56. The number of nitrogens with zero attached hydrogens (tertiary/aromatic N) is 2. The molecule has 5 aliphatic rings. The van der Waals surface area contributed by atoms with Crippen molar-refractivity contribution in [1.29, 1.82) is 0 Å². The molecule has 2 spiro atoms. The van der Waals surface area contributed by atoms with E-state index in [4.69, 9.17) is 4.74 Å². The van der Waals surface area contributed by atoms with Gasteiger partial charge in [0.05, 0.1) is 22.9 Å². The molecule has 2 aliphatic heterocycles. The highest BCUT2D eigenvalue weighted by Gasteiger charge is 2.65. The van der Waals surface area contributed by atoms with Gasteiger partial charge in [-0.25, -0.2) is 0 Å². The van der Waals surface area contributed by atoms with Crippen molar-refractivity contribution in [3.05, 3.63) is 59.3 Å². The molecule has 2 bridgehead atoms. The third-order valence-electron chi connectivity index (χ3n) is 9.73. The van der Waals surface area contributed by atoms with E-state index < -0.39 is 0 Å². The summed E-state index contributed by atoms with van der Waals surface area (Å²) in [6.45, 7) is 2.49. The van der Waals surface area contributed by atoms with Crippen LogP contribution in [0, 0.1) is 11.3 Å². The molecule has 3 aliphatic carbocycles. The Morgan fingerprint density at radius 3 is 2.97 bits per heavy atom. The lowest BCUT2D eigenvalue weighted by Crippen LogP contribution is -2.54. The van der Waals surface area contributed by atoms with E-state index in [9.17, 15) is 0 Å². The standard InChI is InChI=1S/C28H33N3O/c1-26-11-10-21-15-20-6-7-22(31(2)3)16-27(20)12-13-28(21,32-27)25(26)9-8-23(26)18-4-5-19-17-29-30-24(19)14-18/h4-5,8,10,14-15,17,22,25H,6-7,9,11-13,16H2,1-3H3,(H,29,30)/t22?,25-,26?,27-,28-/m1/s1. The molecule has 7 rings (SSSR count). The fourth-order valence-corrected chi connectivity index (χ4v) is 7.96. The lowest BCUT2D eigenvalue weighted by molar-refractivity contribution is -0.134. The van der Waals surface area contributed by atoms with Crippen molar-refractivity contribution in [2.75, 3.05) is 14.1 Å². The summed E-state index contributed by atoms with van der Waals surface area (Å²) in [5.41, 5.74) is 7.01. The van der Waals surface area contributed by atoms with Crippen molar-refractivity contribution < 1.29 is 4.74 Å². The molecule has 1 aromatic heterocycles. The van der Waals surface area contributed by atoms with Gasteiger partial charge in [-0.2, -0.15) is 5.10 Å². The molecule has 4 heteroatoms. The predicted molar refractivity (Wildman–Crippen MR) is 128 cm³/mol. The van der Waals surface area contributed by atoms with E-state index in [0.29, 0.717) is 12.0 Å². The van der Waals surface area contributed by atoms with Crippen LogP contribution in [0.3, 0.4) is 0 Å². The first kappa shape index (κ1) is 19.3.